The van der Waals surface area contributed by atoms with E-state index in [1.807, 2.05) is 4.40 Å². The maximum absolute atomic E-state index is 12.2. The van der Waals surface area contributed by atoms with Gasteiger partial charge in [0.15, 0.2) is 5.65 Å². The SMILES string of the molecule is FC(F)(F)Oc1ccc(-c2cn3c([C@@H]4CCOC4)nnc3cn2)cc1. The first-order chi connectivity index (χ1) is 12.0. The number of benzene rings is 1. The highest BCUT2D eigenvalue weighted by Gasteiger charge is 2.31. The summed E-state index contributed by atoms with van der Waals surface area (Å²) in [5.41, 5.74) is 1.88. The second-order valence-electron chi connectivity index (χ2n) is 5.69. The highest BCUT2D eigenvalue weighted by Crippen LogP contribution is 2.27. The first-order valence-corrected chi connectivity index (χ1v) is 7.64. The number of rotatable bonds is 3. The van der Waals surface area contributed by atoms with E-state index in [1.54, 1.807) is 12.4 Å². The third-order valence-corrected chi connectivity index (χ3v) is 4.00. The molecule has 1 atom stereocenters. The summed E-state index contributed by atoms with van der Waals surface area (Å²) in [6, 6.07) is 5.56. The number of nitrogens with zero attached hydrogens (tertiary/aromatic N) is 4. The minimum atomic E-state index is -4.71. The molecule has 0 N–H and O–H groups in total. The molecule has 1 fully saturated rings. The van der Waals surface area contributed by atoms with Crippen molar-refractivity contribution in [1.29, 1.82) is 0 Å². The standard InChI is InChI=1S/C16H13F3N4O2/c17-16(18,19)25-12-3-1-10(2-4-12)13-8-23-14(7-20-13)21-22-15(23)11-5-6-24-9-11/h1-4,7-8,11H,5-6,9H2/t11-/m1/s1. The van der Waals surface area contributed by atoms with Gasteiger partial charge in [-0.05, 0) is 30.7 Å². The van der Waals surface area contributed by atoms with Gasteiger partial charge < -0.3 is 9.47 Å². The van der Waals surface area contributed by atoms with E-state index in [0.29, 0.717) is 30.1 Å². The van der Waals surface area contributed by atoms with E-state index in [-0.39, 0.29) is 11.7 Å². The normalized spacial score (nSPS) is 18.0. The van der Waals surface area contributed by atoms with Crippen molar-refractivity contribution in [3.63, 3.8) is 0 Å². The zero-order chi connectivity index (χ0) is 17.4. The quantitative estimate of drug-likeness (QED) is 0.726. The molecule has 4 rings (SSSR count). The number of hydrogen-bond acceptors (Lipinski definition) is 5. The van der Waals surface area contributed by atoms with E-state index in [0.717, 1.165) is 12.2 Å². The lowest BCUT2D eigenvalue weighted by molar-refractivity contribution is -0.274. The Morgan fingerprint density at radius 2 is 1.96 bits per heavy atom. The summed E-state index contributed by atoms with van der Waals surface area (Å²) >= 11 is 0. The Bertz CT molecular complexity index is 887. The fourth-order valence-electron chi connectivity index (χ4n) is 2.81. The third-order valence-electron chi connectivity index (χ3n) is 4.00. The van der Waals surface area contributed by atoms with Crippen molar-refractivity contribution < 1.29 is 22.6 Å². The number of hydrogen-bond donors (Lipinski definition) is 0. The lowest BCUT2D eigenvalue weighted by Gasteiger charge is -2.10. The molecule has 1 aromatic carbocycles. The van der Waals surface area contributed by atoms with Crippen LogP contribution in [0.15, 0.2) is 36.7 Å². The van der Waals surface area contributed by atoms with Crippen LogP contribution in [0.2, 0.25) is 0 Å². The molecule has 0 aliphatic carbocycles. The lowest BCUT2D eigenvalue weighted by atomic mass is 10.1. The summed E-state index contributed by atoms with van der Waals surface area (Å²) in [6.45, 7) is 1.29. The van der Waals surface area contributed by atoms with Crippen molar-refractivity contribution >= 4 is 5.65 Å². The average Bonchev–Trinajstić information content (AvgIpc) is 3.22. The van der Waals surface area contributed by atoms with Crippen molar-refractivity contribution in [3.8, 4) is 17.0 Å². The van der Waals surface area contributed by atoms with Crippen LogP contribution in [0, 0.1) is 0 Å². The smallest absolute Gasteiger partial charge is 0.406 e. The van der Waals surface area contributed by atoms with Crippen LogP contribution in [0.1, 0.15) is 18.2 Å². The average molecular weight is 350 g/mol. The minimum absolute atomic E-state index is 0.174. The highest BCUT2D eigenvalue weighted by atomic mass is 19.4. The first-order valence-electron chi connectivity index (χ1n) is 7.64. The van der Waals surface area contributed by atoms with Gasteiger partial charge in [-0.15, -0.1) is 23.4 Å². The molecule has 130 valence electrons. The van der Waals surface area contributed by atoms with Crippen LogP contribution in [0.25, 0.3) is 16.9 Å². The van der Waals surface area contributed by atoms with Gasteiger partial charge in [0.05, 0.1) is 18.5 Å². The predicted molar refractivity (Wildman–Crippen MR) is 81.1 cm³/mol. The van der Waals surface area contributed by atoms with Crippen LogP contribution < -0.4 is 4.74 Å². The van der Waals surface area contributed by atoms with Gasteiger partial charge in [-0.1, -0.05) is 0 Å². The van der Waals surface area contributed by atoms with Crippen molar-refractivity contribution in [2.24, 2.45) is 0 Å². The van der Waals surface area contributed by atoms with E-state index < -0.39 is 6.36 Å². The predicted octanol–water partition coefficient (Wildman–Crippen LogP) is 3.19. The maximum atomic E-state index is 12.2. The molecule has 1 saturated heterocycles. The Kier molecular flexibility index (Phi) is 3.79. The van der Waals surface area contributed by atoms with Crippen LogP contribution in [0.5, 0.6) is 5.75 Å². The van der Waals surface area contributed by atoms with E-state index >= 15 is 0 Å². The van der Waals surface area contributed by atoms with Gasteiger partial charge in [0, 0.05) is 24.3 Å². The monoisotopic (exact) mass is 350 g/mol. The Labute approximate surface area is 140 Å². The van der Waals surface area contributed by atoms with Crippen LogP contribution in [0.3, 0.4) is 0 Å². The number of fused-ring (bicyclic) bond motifs is 1. The molecule has 1 aliphatic rings. The zero-order valence-corrected chi connectivity index (χ0v) is 12.9. The van der Waals surface area contributed by atoms with Gasteiger partial charge >= 0.3 is 6.36 Å². The molecule has 6 nitrogen and oxygen atoms in total. The molecule has 1 aliphatic heterocycles. The van der Waals surface area contributed by atoms with Gasteiger partial charge in [-0.3, -0.25) is 9.38 Å². The fourth-order valence-corrected chi connectivity index (χ4v) is 2.81. The second-order valence-corrected chi connectivity index (χ2v) is 5.69. The third kappa shape index (κ3) is 3.27. The summed E-state index contributed by atoms with van der Waals surface area (Å²) in [6.07, 6.45) is -0.467. The van der Waals surface area contributed by atoms with Crippen molar-refractivity contribution in [3.05, 3.63) is 42.5 Å². The molecule has 3 aromatic rings. The van der Waals surface area contributed by atoms with Crippen LogP contribution >= 0.6 is 0 Å². The van der Waals surface area contributed by atoms with Gasteiger partial charge in [0.1, 0.15) is 11.6 Å². The summed E-state index contributed by atoms with van der Waals surface area (Å²) in [5, 5.41) is 8.32. The summed E-state index contributed by atoms with van der Waals surface area (Å²) < 4.78 is 47.8. The molecule has 2 aromatic heterocycles. The number of ether oxygens (including phenoxy) is 2. The summed E-state index contributed by atoms with van der Waals surface area (Å²) in [7, 11) is 0. The van der Waals surface area contributed by atoms with E-state index in [9.17, 15) is 13.2 Å². The summed E-state index contributed by atoms with van der Waals surface area (Å²) in [4.78, 5) is 4.30. The Morgan fingerprint density at radius 3 is 2.64 bits per heavy atom. The molecule has 0 amide bonds. The zero-order valence-electron chi connectivity index (χ0n) is 12.9. The van der Waals surface area contributed by atoms with E-state index in [2.05, 4.69) is 19.9 Å². The van der Waals surface area contributed by atoms with Gasteiger partial charge in [-0.2, -0.15) is 0 Å². The number of alkyl halides is 3. The molecule has 0 spiro atoms. The van der Waals surface area contributed by atoms with Crippen LogP contribution in [-0.4, -0.2) is 39.2 Å². The largest absolute Gasteiger partial charge is 0.573 e. The Hall–Kier alpha value is -2.68. The number of halogens is 3. The topological polar surface area (TPSA) is 61.5 Å². The molecular formula is C16H13F3N4O2. The highest BCUT2D eigenvalue weighted by molar-refractivity contribution is 5.60. The van der Waals surface area contributed by atoms with E-state index in [1.165, 1.54) is 24.3 Å². The summed E-state index contributed by atoms with van der Waals surface area (Å²) in [5.74, 6) is 0.700. The Balaban J connectivity index is 1.66. The second kappa shape index (κ2) is 5.99. The molecule has 0 bridgehead atoms. The molecule has 0 unspecified atom stereocenters. The van der Waals surface area contributed by atoms with Crippen LogP contribution in [-0.2, 0) is 4.74 Å². The molecule has 0 radical (unpaired) electrons. The fraction of sp³-hybridized carbons (Fsp3) is 0.312. The molecule has 3 heterocycles. The van der Waals surface area contributed by atoms with Gasteiger partial charge in [-0.25, -0.2) is 0 Å². The lowest BCUT2D eigenvalue weighted by Crippen LogP contribution is -2.16. The van der Waals surface area contributed by atoms with Crippen molar-refractivity contribution in [1.82, 2.24) is 19.6 Å². The van der Waals surface area contributed by atoms with Gasteiger partial charge in [0.2, 0.25) is 0 Å². The van der Waals surface area contributed by atoms with Crippen molar-refractivity contribution in [2.75, 3.05) is 13.2 Å². The molecular weight excluding hydrogens is 337 g/mol. The Morgan fingerprint density at radius 1 is 1.16 bits per heavy atom. The van der Waals surface area contributed by atoms with Gasteiger partial charge in [0.25, 0.3) is 0 Å². The molecule has 0 saturated carbocycles. The molecule has 25 heavy (non-hydrogen) atoms. The molecule has 9 heteroatoms. The maximum Gasteiger partial charge on any atom is 0.573 e. The first kappa shape index (κ1) is 15.8. The van der Waals surface area contributed by atoms with E-state index in [4.69, 9.17) is 4.74 Å². The number of aromatic nitrogens is 4. The minimum Gasteiger partial charge on any atom is -0.406 e. The van der Waals surface area contributed by atoms with Crippen molar-refractivity contribution in [2.45, 2.75) is 18.7 Å². The van der Waals surface area contributed by atoms with Crippen LogP contribution in [0.4, 0.5) is 13.2 Å².